The summed E-state index contributed by atoms with van der Waals surface area (Å²) in [5.74, 6) is 0.0113. The highest BCUT2D eigenvalue weighted by Crippen LogP contribution is 2.23. The molecule has 2 N–H and O–H groups in total. The third-order valence-electron chi connectivity index (χ3n) is 2.57. The lowest BCUT2D eigenvalue weighted by Gasteiger charge is -2.06. The van der Waals surface area contributed by atoms with E-state index in [0.717, 1.165) is 10.0 Å². The van der Waals surface area contributed by atoms with Gasteiger partial charge in [-0.05, 0) is 51.8 Å². The lowest BCUT2D eigenvalue weighted by molar-refractivity contribution is 0.0951. The molecule has 0 atom stereocenters. The Bertz CT molecular complexity index is 599. The molecule has 2 aromatic carbocycles. The molecule has 0 fully saturated rings. The van der Waals surface area contributed by atoms with Crippen LogP contribution in [-0.2, 0) is 6.54 Å². The van der Waals surface area contributed by atoms with E-state index in [-0.39, 0.29) is 11.7 Å². The Hall–Kier alpha value is -1.52. The highest BCUT2D eigenvalue weighted by molar-refractivity contribution is 9.10. The van der Waals surface area contributed by atoms with Crippen LogP contribution in [0.1, 0.15) is 15.9 Å². The Morgan fingerprint density at radius 2 is 1.89 bits per heavy atom. The highest BCUT2D eigenvalue weighted by atomic mass is 79.9. The maximum atomic E-state index is 11.9. The number of benzene rings is 2. The first kappa shape index (κ1) is 13.9. The van der Waals surface area contributed by atoms with Gasteiger partial charge in [0.05, 0.1) is 5.02 Å². The van der Waals surface area contributed by atoms with Crippen LogP contribution in [0.3, 0.4) is 0 Å². The molecular formula is C14H11BrClNO2. The van der Waals surface area contributed by atoms with Crippen molar-refractivity contribution in [3.63, 3.8) is 0 Å². The van der Waals surface area contributed by atoms with Crippen LogP contribution in [0.2, 0.25) is 5.02 Å². The minimum atomic E-state index is -0.192. The quantitative estimate of drug-likeness (QED) is 0.894. The summed E-state index contributed by atoms with van der Waals surface area (Å²) in [6.45, 7) is 0.396. The Labute approximate surface area is 124 Å². The first-order valence-electron chi connectivity index (χ1n) is 5.57. The monoisotopic (exact) mass is 339 g/mol. The second-order valence-electron chi connectivity index (χ2n) is 3.98. The number of nitrogens with one attached hydrogen (secondary N) is 1. The van der Waals surface area contributed by atoms with Gasteiger partial charge in [-0.3, -0.25) is 4.79 Å². The molecule has 5 heteroatoms. The van der Waals surface area contributed by atoms with Gasteiger partial charge in [-0.1, -0.05) is 23.7 Å². The molecule has 0 saturated carbocycles. The predicted molar refractivity (Wildman–Crippen MR) is 78.4 cm³/mol. The number of amides is 1. The molecular weight excluding hydrogens is 330 g/mol. The van der Waals surface area contributed by atoms with E-state index >= 15 is 0 Å². The average Bonchev–Trinajstić information content (AvgIpc) is 2.41. The fraction of sp³-hybridized carbons (Fsp3) is 0.0714. The zero-order valence-electron chi connectivity index (χ0n) is 9.86. The standard InChI is InChI=1S/C14H11BrClNO2/c15-12-6-3-10(7-13(12)16)14(19)17-8-9-1-4-11(18)5-2-9/h1-7,18H,8H2,(H,17,19). The Kier molecular flexibility index (Phi) is 4.45. The van der Waals surface area contributed by atoms with Crippen LogP contribution in [0.15, 0.2) is 46.9 Å². The van der Waals surface area contributed by atoms with Crippen molar-refractivity contribution in [3.05, 3.63) is 63.1 Å². The zero-order valence-corrected chi connectivity index (χ0v) is 12.2. The molecule has 98 valence electrons. The SMILES string of the molecule is O=C(NCc1ccc(O)cc1)c1ccc(Br)c(Cl)c1. The number of carbonyl (C=O) groups excluding carboxylic acids is 1. The van der Waals surface area contributed by atoms with Gasteiger partial charge in [-0.25, -0.2) is 0 Å². The highest BCUT2D eigenvalue weighted by Gasteiger charge is 2.07. The molecule has 0 spiro atoms. The maximum Gasteiger partial charge on any atom is 0.251 e. The van der Waals surface area contributed by atoms with Crippen LogP contribution >= 0.6 is 27.5 Å². The van der Waals surface area contributed by atoms with Crippen molar-refractivity contribution in [2.24, 2.45) is 0 Å². The number of aromatic hydroxyl groups is 1. The molecule has 0 aliphatic carbocycles. The Morgan fingerprint density at radius 1 is 1.21 bits per heavy atom. The number of hydrogen-bond donors (Lipinski definition) is 2. The molecule has 0 aromatic heterocycles. The largest absolute Gasteiger partial charge is 0.508 e. The van der Waals surface area contributed by atoms with Crippen LogP contribution in [0, 0.1) is 0 Å². The van der Waals surface area contributed by atoms with E-state index < -0.39 is 0 Å². The Morgan fingerprint density at radius 3 is 2.53 bits per heavy atom. The van der Waals surface area contributed by atoms with Gasteiger partial charge in [0.15, 0.2) is 0 Å². The minimum Gasteiger partial charge on any atom is -0.508 e. The fourth-order valence-corrected chi connectivity index (χ4v) is 1.96. The molecule has 0 bridgehead atoms. The van der Waals surface area contributed by atoms with Crippen molar-refractivity contribution in [1.82, 2.24) is 5.32 Å². The summed E-state index contributed by atoms with van der Waals surface area (Å²) in [5.41, 5.74) is 1.42. The van der Waals surface area contributed by atoms with E-state index in [0.29, 0.717) is 17.1 Å². The normalized spacial score (nSPS) is 10.2. The van der Waals surface area contributed by atoms with E-state index in [1.165, 1.54) is 0 Å². The Balaban J connectivity index is 2.01. The van der Waals surface area contributed by atoms with Crippen molar-refractivity contribution in [2.75, 3.05) is 0 Å². The summed E-state index contributed by atoms with van der Waals surface area (Å²) >= 11 is 9.21. The molecule has 2 rings (SSSR count). The fourth-order valence-electron chi connectivity index (χ4n) is 1.54. The summed E-state index contributed by atoms with van der Waals surface area (Å²) in [6.07, 6.45) is 0. The van der Waals surface area contributed by atoms with E-state index in [4.69, 9.17) is 16.7 Å². The predicted octanol–water partition coefficient (Wildman–Crippen LogP) is 3.74. The van der Waals surface area contributed by atoms with Gasteiger partial charge in [0, 0.05) is 16.6 Å². The molecule has 2 aromatic rings. The second-order valence-corrected chi connectivity index (χ2v) is 5.24. The summed E-state index contributed by atoms with van der Waals surface area (Å²) in [7, 11) is 0. The van der Waals surface area contributed by atoms with Gasteiger partial charge < -0.3 is 10.4 Å². The van der Waals surface area contributed by atoms with Gasteiger partial charge in [0.25, 0.3) is 5.91 Å². The van der Waals surface area contributed by atoms with Crippen LogP contribution < -0.4 is 5.32 Å². The summed E-state index contributed by atoms with van der Waals surface area (Å²) in [6, 6.07) is 11.7. The molecule has 3 nitrogen and oxygen atoms in total. The number of carbonyl (C=O) groups is 1. The van der Waals surface area contributed by atoms with Crippen molar-refractivity contribution < 1.29 is 9.90 Å². The van der Waals surface area contributed by atoms with Crippen LogP contribution in [-0.4, -0.2) is 11.0 Å². The molecule has 0 aliphatic heterocycles. The van der Waals surface area contributed by atoms with E-state index in [9.17, 15) is 4.79 Å². The van der Waals surface area contributed by atoms with Crippen molar-refractivity contribution in [1.29, 1.82) is 0 Å². The van der Waals surface area contributed by atoms with E-state index in [2.05, 4.69) is 21.2 Å². The number of hydrogen-bond acceptors (Lipinski definition) is 2. The lowest BCUT2D eigenvalue weighted by atomic mass is 10.2. The minimum absolute atomic E-state index is 0.192. The lowest BCUT2D eigenvalue weighted by Crippen LogP contribution is -2.22. The molecule has 0 saturated heterocycles. The van der Waals surface area contributed by atoms with Crippen molar-refractivity contribution in [3.8, 4) is 5.75 Å². The van der Waals surface area contributed by atoms with Crippen LogP contribution in [0.5, 0.6) is 5.75 Å². The second kappa shape index (κ2) is 6.08. The maximum absolute atomic E-state index is 11.9. The van der Waals surface area contributed by atoms with Crippen LogP contribution in [0.4, 0.5) is 0 Å². The third-order valence-corrected chi connectivity index (χ3v) is 3.80. The summed E-state index contributed by atoms with van der Waals surface area (Å²) in [5, 5.41) is 12.4. The first-order valence-corrected chi connectivity index (χ1v) is 6.74. The molecule has 1 amide bonds. The third kappa shape index (κ3) is 3.72. The van der Waals surface area contributed by atoms with Crippen LogP contribution in [0.25, 0.3) is 0 Å². The number of phenols is 1. The average molecular weight is 341 g/mol. The molecule has 0 aliphatic rings. The van der Waals surface area contributed by atoms with Crippen molar-refractivity contribution in [2.45, 2.75) is 6.54 Å². The van der Waals surface area contributed by atoms with Crippen molar-refractivity contribution >= 4 is 33.4 Å². The molecule has 0 unspecified atom stereocenters. The van der Waals surface area contributed by atoms with E-state index in [1.807, 2.05) is 0 Å². The summed E-state index contributed by atoms with van der Waals surface area (Å²) < 4.78 is 0.754. The number of phenolic OH excluding ortho intramolecular Hbond substituents is 1. The van der Waals surface area contributed by atoms with Gasteiger partial charge in [0.1, 0.15) is 5.75 Å². The molecule has 0 heterocycles. The van der Waals surface area contributed by atoms with Gasteiger partial charge >= 0.3 is 0 Å². The topological polar surface area (TPSA) is 49.3 Å². The first-order chi connectivity index (χ1) is 9.06. The molecule has 19 heavy (non-hydrogen) atoms. The summed E-state index contributed by atoms with van der Waals surface area (Å²) in [4.78, 5) is 11.9. The van der Waals surface area contributed by atoms with E-state index in [1.54, 1.807) is 42.5 Å². The number of rotatable bonds is 3. The number of halogens is 2. The van der Waals surface area contributed by atoms with Gasteiger partial charge in [-0.15, -0.1) is 0 Å². The van der Waals surface area contributed by atoms with Gasteiger partial charge in [0.2, 0.25) is 0 Å². The van der Waals surface area contributed by atoms with Gasteiger partial charge in [-0.2, -0.15) is 0 Å². The molecule has 0 radical (unpaired) electrons. The zero-order chi connectivity index (χ0) is 13.8. The smallest absolute Gasteiger partial charge is 0.251 e.